The van der Waals surface area contributed by atoms with Crippen molar-refractivity contribution in [1.82, 2.24) is 10.7 Å². The normalized spacial score (nSPS) is 11.6. The van der Waals surface area contributed by atoms with Crippen molar-refractivity contribution in [1.29, 1.82) is 5.26 Å². The van der Waals surface area contributed by atoms with Crippen LogP contribution in [0.25, 0.3) is 0 Å². The minimum atomic E-state index is -0.762. The van der Waals surface area contributed by atoms with Crippen molar-refractivity contribution in [2.24, 2.45) is 11.0 Å². The van der Waals surface area contributed by atoms with E-state index in [-0.39, 0.29) is 18.4 Å². The van der Waals surface area contributed by atoms with Gasteiger partial charge in [-0.25, -0.2) is 5.43 Å². The van der Waals surface area contributed by atoms with Crippen molar-refractivity contribution in [3.8, 4) is 11.8 Å². The molecule has 0 aliphatic carbocycles. The Hall–Kier alpha value is -4.15. The first-order valence-electron chi connectivity index (χ1n) is 11.0. The standard InChI is InChI=1S/C27H25ClN4O3/c1-18(2)25(31-26(33)20-9-11-23(28)12-10-20)27(34)32-30-16-19-7-13-24(14-8-19)35-17-22-6-4-3-5-21(22)15-29/h3-14,16,18,25H,17H2,1-2H3,(H,31,33)(H,32,34)/b30-16+. The highest BCUT2D eigenvalue weighted by atomic mass is 35.5. The molecule has 0 saturated carbocycles. The van der Waals surface area contributed by atoms with E-state index in [9.17, 15) is 9.59 Å². The SMILES string of the molecule is CC(C)C(NC(=O)c1ccc(Cl)cc1)C(=O)N/N=C/c1ccc(OCc2ccccc2C#N)cc1. The summed E-state index contributed by atoms with van der Waals surface area (Å²) < 4.78 is 5.76. The Balaban J connectivity index is 1.54. The van der Waals surface area contributed by atoms with Crippen LogP contribution < -0.4 is 15.5 Å². The molecule has 0 radical (unpaired) electrons. The number of ether oxygens (including phenoxy) is 1. The summed E-state index contributed by atoms with van der Waals surface area (Å²) in [5, 5.41) is 16.4. The lowest BCUT2D eigenvalue weighted by Crippen LogP contribution is -2.48. The van der Waals surface area contributed by atoms with Gasteiger partial charge in [-0.2, -0.15) is 10.4 Å². The molecule has 178 valence electrons. The smallest absolute Gasteiger partial charge is 0.262 e. The van der Waals surface area contributed by atoms with Gasteiger partial charge < -0.3 is 10.1 Å². The van der Waals surface area contributed by atoms with E-state index < -0.39 is 11.9 Å². The zero-order valence-corrected chi connectivity index (χ0v) is 20.1. The molecule has 0 spiro atoms. The number of hydrogen-bond acceptors (Lipinski definition) is 5. The molecule has 0 fully saturated rings. The molecular formula is C27H25ClN4O3. The fourth-order valence-corrected chi connectivity index (χ4v) is 3.29. The molecule has 8 heteroatoms. The van der Waals surface area contributed by atoms with Crippen molar-refractivity contribution in [3.05, 3.63) is 100 Å². The van der Waals surface area contributed by atoms with Crippen LogP contribution in [0.3, 0.4) is 0 Å². The largest absolute Gasteiger partial charge is 0.489 e. The Morgan fingerprint density at radius 2 is 1.74 bits per heavy atom. The van der Waals surface area contributed by atoms with E-state index in [1.807, 2.05) is 32.0 Å². The van der Waals surface area contributed by atoms with Gasteiger partial charge in [-0.05, 0) is 66.1 Å². The lowest BCUT2D eigenvalue weighted by atomic mass is 10.0. The third-order valence-electron chi connectivity index (χ3n) is 5.14. The summed E-state index contributed by atoms with van der Waals surface area (Å²) in [7, 11) is 0. The summed E-state index contributed by atoms with van der Waals surface area (Å²) in [5.74, 6) is -0.296. The van der Waals surface area contributed by atoms with E-state index in [1.54, 1.807) is 54.6 Å². The third-order valence-corrected chi connectivity index (χ3v) is 5.39. The lowest BCUT2D eigenvalue weighted by molar-refractivity contribution is -0.123. The van der Waals surface area contributed by atoms with Gasteiger partial charge in [0.05, 0.1) is 17.8 Å². The molecule has 0 saturated heterocycles. The Labute approximate surface area is 209 Å². The molecule has 2 N–H and O–H groups in total. The molecule has 1 unspecified atom stereocenters. The van der Waals surface area contributed by atoms with Gasteiger partial charge in [-0.3, -0.25) is 9.59 Å². The van der Waals surface area contributed by atoms with Crippen LogP contribution in [0.4, 0.5) is 0 Å². The van der Waals surface area contributed by atoms with Crippen LogP contribution in [0.5, 0.6) is 5.75 Å². The highest BCUT2D eigenvalue weighted by molar-refractivity contribution is 6.30. The average Bonchev–Trinajstić information content (AvgIpc) is 2.87. The molecule has 3 rings (SSSR count). The van der Waals surface area contributed by atoms with Crippen molar-refractivity contribution >= 4 is 29.6 Å². The first kappa shape index (κ1) is 25.5. The summed E-state index contributed by atoms with van der Waals surface area (Å²) in [6.45, 7) is 3.96. The number of hydrogen-bond donors (Lipinski definition) is 2. The number of benzene rings is 3. The van der Waals surface area contributed by atoms with E-state index in [0.717, 1.165) is 11.1 Å². The predicted molar refractivity (Wildman–Crippen MR) is 135 cm³/mol. The van der Waals surface area contributed by atoms with E-state index in [0.29, 0.717) is 21.9 Å². The quantitative estimate of drug-likeness (QED) is 0.336. The Kier molecular flexibility index (Phi) is 8.99. The van der Waals surface area contributed by atoms with Crippen molar-refractivity contribution in [2.75, 3.05) is 0 Å². The third kappa shape index (κ3) is 7.42. The molecule has 35 heavy (non-hydrogen) atoms. The highest BCUT2D eigenvalue weighted by Gasteiger charge is 2.24. The van der Waals surface area contributed by atoms with Gasteiger partial charge in [0.25, 0.3) is 11.8 Å². The molecule has 3 aromatic rings. The van der Waals surface area contributed by atoms with E-state index in [1.165, 1.54) is 6.21 Å². The first-order valence-corrected chi connectivity index (χ1v) is 11.4. The second-order valence-electron chi connectivity index (χ2n) is 8.06. The second kappa shape index (κ2) is 12.4. The monoisotopic (exact) mass is 488 g/mol. The number of nitrogens with zero attached hydrogens (tertiary/aromatic N) is 2. The number of halogens is 1. The Bertz CT molecular complexity index is 1230. The fourth-order valence-electron chi connectivity index (χ4n) is 3.17. The van der Waals surface area contributed by atoms with Crippen LogP contribution in [0.15, 0.2) is 77.9 Å². The molecule has 3 aromatic carbocycles. The number of nitrogens with one attached hydrogen (secondary N) is 2. The molecule has 0 aromatic heterocycles. The first-order chi connectivity index (χ1) is 16.9. The van der Waals surface area contributed by atoms with Crippen LogP contribution in [-0.2, 0) is 11.4 Å². The molecule has 0 aliphatic heterocycles. The van der Waals surface area contributed by atoms with Gasteiger partial charge in [-0.15, -0.1) is 0 Å². The minimum Gasteiger partial charge on any atom is -0.489 e. The molecule has 0 heterocycles. The number of rotatable bonds is 9. The second-order valence-corrected chi connectivity index (χ2v) is 8.50. The number of carbonyl (C=O) groups excluding carboxylic acids is 2. The lowest BCUT2D eigenvalue weighted by Gasteiger charge is -2.20. The highest BCUT2D eigenvalue weighted by Crippen LogP contribution is 2.15. The molecule has 0 aliphatic rings. The minimum absolute atomic E-state index is 0.149. The van der Waals surface area contributed by atoms with Crippen LogP contribution >= 0.6 is 11.6 Å². The van der Waals surface area contributed by atoms with Gasteiger partial charge in [0, 0.05) is 16.1 Å². The average molecular weight is 489 g/mol. The van der Waals surface area contributed by atoms with Gasteiger partial charge in [0.15, 0.2) is 0 Å². The van der Waals surface area contributed by atoms with Crippen molar-refractivity contribution < 1.29 is 14.3 Å². The van der Waals surface area contributed by atoms with Crippen LogP contribution in [0.1, 0.15) is 40.9 Å². The molecule has 2 amide bonds. The topological polar surface area (TPSA) is 104 Å². The summed E-state index contributed by atoms with van der Waals surface area (Å²) in [6.07, 6.45) is 1.51. The summed E-state index contributed by atoms with van der Waals surface area (Å²) in [6, 6.07) is 22.2. The maximum absolute atomic E-state index is 12.6. The Morgan fingerprint density at radius 1 is 1.06 bits per heavy atom. The van der Waals surface area contributed by atoms with Gasteiger partial charge >= 0.3 is 0 Å². The molecule has 1 atom stereocenters. The zero-order valence-electron chi connectivity index (χ0n) is 19.4. The zero-order chi connectivity index (χ0) is 25.2. The van der Waals surface area contributed by atoms with E-state index in [4.69, 9.17) is 21.6 Å². The van der Waals surface area contributed by atoms with E-state index >= 15 is 0 Å². The summed E-state index contributed by atoms with van der Waals surface area (Å²) >= 11 is 5.86. The van der Waals surface area contributed by atoms with Gasteiger partial charge in [0.1, 0.15) is 18.4 Å². The van der Waals surface area contributed by atoms with Crippen LogP contribution in [0.2, 0.25) is 5.02 Å². The van der Waals surface area contributed by atoms with Crippen LogP contribution in [0, 0.1) is 17.2 Å². The number of hydrazone groups is 1. The summed E-state index contributed by atoms with van der Waals surface area (Å²) in [5.41, 5.74) is 5.04. The fraction of sp³-hybridized carbons (Fsp3) is 0.185. The van der Waals surface area contributed by atoms with Gasteiger partial charge in [0.2, 0.25) is 0 Å². The van der Waals surface area contributed by atoms with Crippen LogP contribution in [-0.4, -0.2) is 24.1 Å². The summed E-state index contributed by atoms with van der Waals surface area (Å²) in [4.78, 5) is 25.1. The maximum atomic E-state index is 12.6. The number of carbonyl (C=O) groups is 2. The molecule has 0 bridgehead atoms. The molecular weight excluding hydrogens is 464 g/mol. The van der Waals surface area contributed by atoms with Gasteiger partial charge in [-0.1, -0.05) is 43.6 Å². The van der Waals surface area contributed by atoms with Crippen molar-refractivity contribution in [2.45, 2.75) is 26.5 Å². The predicted octanol–water partition coefficient (Wildman–Crippen LogP) is 4.70. The number of nitriles is 1. The van der Waals surface area contributed by atoms with E-state index in [2.05, 4.69) is 21.9 Å². The maximum Gasteiger partial charge on any atom is 0.262 e. The van der Waals surface area contributed by atoms with Crippen molar-refractivity contribution in [3.63, 3.8) is 0 Å². The molecule has 7 nitrogen and oxygen atoms in total. The number of amides is 2. The Morgan fingerprint density at radius 3 is 2.40 bits per heavy atom.